The smallest absolute Gasteiger partial charge is 0.247 e. The Bertz CT molecular complexity index is 3300. The van der Waals surface area contributed by atoms with Gasteiger partial charge >= 0.3 is 0 Å². The summed E-state index contributed by atoms with van der Waals surface area (Å²) in [7, 11) is 1.52. The molecule has 79 heavy (non-hydrogen) atoms. The minimum absolute atomic E-state index is 0.00694. The number of aliphatic hydroxyl groups excluding tert-OH is 3. The number of carbonyl (C=O) groups is 6. The number of phenols is 4. The predicted molar refractivity (Wildman–Crippen MR) is 287 cm³/mol. The molecule has 0 aliphatic carbocycles. The van der Waals surface area contributed by atoms with E-state index >= 15 is 4.79 Å². The molecule has 0 fully saturated rings. The molecular formula is C53H54Cl2N8O15S. The number of aromatic hydroxyl groups is 4. The van der Waals surface area contributed by atoms with Crippen molar-refractivity contribution in [2.24, 2.45) is 11.7 Å². The zero-order valence-electron chi connectivity index (χ0n) is 42.0. The quantitative estimate of drug-likeness (QED) is 0.0993. The maximum atomic E-state index is 15.1. The molecule has 5 aromatic carbocycles. The van der Waals surface area contributed by atoms with Crippen LogP contribution < -0.4 is 52.4 Å². The van der Waals surface area contributed by atoms with E-state index in [1.165, 1.54) is 67.7 Å². The highest BCUT2D eigenvalue weighted by Crippen LogP contribution is 2.47. The van der Waals surface area contributed by atoms with Gasteiger partial charge in [-0.2, -0.15) is 0 Å². The number of carbonyl (C=O) groups excluding carboxylic acids is 6. The van der Waals surface area contributed by atoms with Crippen LogP contribution in [0.5, 0.6) is 46.0 Å². The molecule has 26 heteroatoms. The van der Waals surface area contributed by atoms with Gasteiger partial charge in [-0.3, -0.25) is 28.8 Å². The number of rotatable bonds is 8. The van der Waals surface area contributed by atoms with Gasteiger partial charge in [-0.1, -0.05) is 67.5 Å². The van der Waals surface area contributed by atoms with E-state index in [2.05, 4.69) is 37.2 Å². The number of aliphatic hydroxyl groups is 3. The maximum absolute atomic E-state index is 15.1. The lowest BCUT2D eigenvalue weighted by Crippen LogP contribution is -2.59. The van der Waals surface area contributed by atoms with E-state index in [9.17, 15) is 59.7 Å². The number of nitrogens with two attached hydrogens (primary N) is 1. The van der Waals surface area contributed by atoms with Crippen LogP contribution in [0.4, 0.5) is 0 Å². The Balaban J connectivity index is 1.35. The summed E-state index contributed by atoms with van der Waals surface area (Å²) in [5.41, 5.74) is 4.88. The number of benzene rings is 5. The molecule has 416 valence electrons. The molecule has 5 heterocycles. The number of nitrogens with one attached hydrogen (secondary N) is 7. The molecule has 0 aromatic heterocycles. The van der Waals surface area contributed by atoms with Crippen LogP contribution in [-0.4, -0.2) is 114 Å². The average molecular weight is 1150 g/mol. The van der Waals surface area contributed by atoms with Crippen molar-refractivity contribution in [1.29, 1.82) is 0 Å². The third-order valence-electron chi connectivity index (χ3n) is 13.4. The van der Waals surface area contributed by atoms with E-state index in [1.807, 2.05) is 13.8 Å². The van der Waals surface area contributed by atoms with Crippen LogP contribution in [0.2, 0.25) is 10.0 Å². The molecule has 6 amide bonds. The number of phenolic OH excluding ortho intramolecular Hbond substituents is 4. The number of hydrogen-bond donors (Lipinski definition) is 15. The van der Waals surface area contributed by atoms with E-state index in [0.29, 0.717) is 6.42 Å². The van der Waals surface area contributed by atoms with Crippen LogP contribution >= 0.6 is 35.4 Å². The van der Waals surface area contributed by atoms with Crippen molar-refractivity contribution in [3.63, 3.8) is 0 Å². The summed E-state index contributed by atoms with van der Waals surface area (Å²) >= 11 is 19.6. The summed E-state index contributed by atoms with van der Waals surface area (Å²) in [6, 6.07) is 4.07. The Morgan fingerprint density at radius 1 is 0.684 bits per heavy atom. The van der Waals surface area contributed by atoms with Gasteiger partial charge in [0.2, 0.25) is 41.2 Å². The first-order chi connectivity index (χ1) is 37.5. The second kappa shape index (κ2) is 23.6. The van der Waals surface area contributed by atoms with Crippen LogP contribution in [0, 0.1) is 5.92 Å². The molecule has 0 spiro atoms. The van der Waals surface area contributed by atoms with Crippen molar-refractivity contribution in [2.45, 2.75) is 81.2 Å². The minimum Gasteiger partial charge on any atom is -0.508 e. The molecule has 0 unspecified atom stereocenters. The van der Waals surface area contributed by atoms with Gasteiger partial charge in [-0.15, -0.1) is 0 Å². The molecule has 23 nitrogen and oxygen atoms in total. The monoisotopic (exact) mass is 1140 g/mol. The second-order valence-electron chi connectivity index (χ2n) is 19.3. The van der Waals surface area contributed by atoms with Crippen molar-refractivity contribution in [2.75, 3.05) is 13.7 Å². The van der Waals surface area contributed by atoms with Crippen molar-refractivity contribution in [1.82, 2.24) is 37.2 Å². The number of ether oxygens (including phenoxy) is 2. The largest absolute Gasteiger partial charge is 0.508 e. The van der Waals surface area contributed by atoms with Crippen LogP contribution in [0.3, 0.4) is 0 Å². The molecule has 0 radical (unpaired) electrons. The highest BCUT2D eigenvalue weighted by molar-refractivity contribution is 7.80. The second-order valence-corrected chi connectivity index (χ2v) is 20.6. The summed E-state index contributed by atoms with van der Waals surface area (Å²) in [6.07, 6.45) is -4.43. The minimum atomic E-state index is -1.95. The fourth-order valence-corrected chi connectivity index (χ4v) is 10.1. The predicted octanol–water partition coefficient (Wildman–Crippen LogP) is 3.10. The van der Waals surface area contributed by atoms with Crippen LogP contribution in [-0.2, 0) is 28.8 Å². The lowest BCUT2D eigenvalue weighted by atomic mass is 9.89. The summed E-state index contributed by atoms with van der Waals surface area (Å²) in [4.78, 5) is 85.0. The number of likely N-dealkylation sites (N-methyl/N-ethyl adjacent to an activating group) is 1. The molecular weight excluding hydrogens is 1090 g/mol. The Hall–Kier alpha value is -7.97. The standard InChI is InChI=1S/C53H54Cl2N8O15S/c1-20(2)10-30(57-3)48(72)61-43-45(69)22-5-8-35(28(54)12-22)77-37-14-24-15-38(47(37)71)78-36-9-6-23(13-29(36)55)46(70)44-52(76)59-32(19-64)26-16-25(65)17-34(67)40(26)27-11-21(4-7-33(27)66)41(50(74)62-44)63-53(79)42(24)60-49(73)31(18-39(56)68)58-51(43)75/h4-9,11-17,20,30-32,41-46,57,64-67,69-71H,10,18-19H2,1-3H3,(H2,56,68)(H,58,75)(H,59,76)(H,60,73)(H,61,72)(H,62,74)(H,63,79)/t30-,31+,32-,41-,42-,43-,44+,45-,46-/m1/s1. The van der Waals surface area contributed by atoms with Crippen molar-refractivity contribution in [3.05, 3.63) is 117 Å². The van der Waals surface area contributed by atoms with Gasteiger partial charge in [0.1, 0.15) is 76.2 Å². The molecule has 16 N–H and O–H groups in total. The number of amides is 6. The molecule has 5 aromatic rings. The van der Waals surface area contributed by atoms with Gasteiger partial charge < -0.3 is 88.2 Å². The van der Waals surface area contributed by atoms with Gasteiger partial charge in [0.15, 0.2) is 11.5 Å². The summed E-state index contributed by atoms with van der Waals surface area (Å²) in [5.74, 6) is -9.90. The van der Waals surface area contributed by atoms with Crippen molar-refractivity contribution >= 4 is 75.9 Å². The number of primary amides is 1. The number of halogens is 2. The number of fused-ring (bicyclic) bond motifs is 15. The molecule has 9 atom stereocenters. The highest BCUT2D eigenvalue weighted by Gasteiger charge is 2.40. The lowest BCUT2D eigenvalue weighted by molar-refractivity contribution is -0.136. The van der Waals surface area contributed by atoms with E-state index in [0.717, 1.165) is 18.2 Å². The molecule has 0 saturated heterocycles. The SMILES string of the molecule is CN[C@H](CC(C)C)C(=O)N[C@H]1C(=O)N[C@@H](CC(N)=O)C(=O)N[C@H]2C(=S)N[C@H]3C(=O)N[C@H](C(=O)N[C@H](CO)c4cc(O)cc(O)c4-c4cc3ccc4O)[C@H](O)c3ccc(c(Cl)c3)Oc3cc2cc(c3O)Oc2ccc(cc2Cl)[C@H]1O. The van der Waals surface area contributed by atoms with Gasteiger partial charge in [-0.25, -0.2) is 0 Å². The number of thiocarbonyl (C=S) groups is 1. The molecule has 10 rings (SSSR count). The molecule has 11 bridgehead atoms. The normalized spacial score (nSPS) is 22.6. The van der Waals surface area contributed by atoms with Gasteiger partial charge in [0.25, 0.3) is 0 Å². The summed E-state index contributed by atoms with van der Waals surface area (Å²) < 4.78 is 12.4. The first-order valence-corrected chi connectivity index (χ1v) is 25.6. The first-order valence-electron chi connectivity index (χ1n) is 24.4. The summed E-state index contributed by atoms with van der Waals surface area (Å²) in [5, 5.41) is 98.1. The van der Waals surface area contributed by atoms with E-state index in [-0.39, 0.29) is 66.4 Å². The average Bonchev–Trinajstić information content (AvgIpc) is 3.43. The lowest BCUT2D eigenvalue weighted by Gasteiger charge is -2.32. The molecule has 5 aliphatic heterocycles. The van der Waals surface area contributed by atoms with Gasteiger partial charge in [-0.05, 0) is 102 Å². The van der Waals surface area contributed by atoms with E-state index in [1.54, 1.807) is 0 Å². The Kier molecular flexibility index (Phi) is 17.1. The third kappa shape index (κ3) is 12.2. The molecule has 5 aliphatic rings. The maximum Gasteiger partial charge on any atom is 0.247 e. The van der Waals surface area contributed by atoms with Gasteiger partial charge in [0, 0.05) is 17.2 Å². The van der Waals surface area contributed by atoms with Crippen molar-refractivity contribution in [3.8, 4) is 57.1 Å². The zero-order valence-corrected chi connectivity index (χ0v) is 44.4. The fraction of sp³-hybridized carbons (Fsp3) is 0.302. The fourth-order valence-electron chi connectivity index (χ4n) is 9.37. The summed E-state index contributed by atoms with van der Waals surface area (Å²) in [6.45, 7) is 2.85. The van der Waals surface area contributed by atoms with Crippen LogP contribution in [0.25, 0.3) is 11.1 Å². The Morgan fingerprint density at radius 3 is 1.87 bits per heavy atom. The van der Waals surface area contributed by atoms with Crippen LogP contribution in [0.15, 0.2) is 78.9 Å². The van der Waals surface area contributed by atoms with Crippen LogP contribution in [0.1, 0.15) is 84.8 Å². The zero-order chi connectivity index (χ0) is 57.3. The van der Waals surface area contributed by atoms with Gasteiger partial charge in [0.05, 0.1) is 35.2 Å². The van der Waals surface area contributed by atoms with Crippen molar-refractivity contribution < 1.29 is 74.0 Å². The first kappa shape index (κ1) is 57.2. The van der Waals surface area contributed by atoms with E-state index < -0.39 is 142 Å². The highest BCUT2D eigenvalue weighted by atomic mass is 35.5. The molecule has 0 saturated carbocycles. The third-order valence-corrected chi connectivity index (χ3v) is 14.3. The Morgan fingerprint density at radius 2 is 1.29 bits per heavy atom. The Labute approximate surface area is 465 Å². The van der Waals surface area contributed by atoms with E-state index in [4.69, 9.17) is 50.6 Å². The number of hydrogen-bond acceptors (Lipinski definition) is 17. The topological polar surface area (TPSA) is 373 Å².